The molecule has 0 fully saturated rings. The zero-order valence-electron chi connectivity index (χ0n) is 22.8. The Bertz CT molecular complexity index is 716. The normalized spacial score (nSPS) is 11.0. The van der Waals surface area contributed by atoms with Crippen LogP contribution in [0, 0.1) is 0 Å². The predicted molar refractivity (Wildman–Crippen MR) is 142 cm³/mol. The van der Waals surface area contributed by atoms with Crippen molar-refractivity contribution in [1.29, 1.82) is 0 Å². The fraction of sp³-hybridized carbons (Fsp3) is 0.759. The lowest BCUT2D eigenvalue weighted by atomic mass is 9.93. The van der Waals surface area contributed by atoms with E-state index in [0.717, 1.165) is 107 Å². The first kappa shape index (κ1) is 30.9. The second-order valence-corrected chi connectivity index (χ2v) is 9.39. The monoisotopic (exact) mass is 494 g/mol. The average Bonchev–Trinajstić information content (AvgIpc) is 2.84. The SMILES string of the molecule is CCCCCCc1c(CCCCCC)c(OCCCCC)c(OCCCCC)c(O)c1OC(=O)O. The van der Waals surface area contributed by atoms with Crippen LogP contribution in [-0.2, 0) is 12.8 Å². The molecule has 1 aromatic carbocycles. The zero-order valence-corrected chi connectivity index (χ0v) is 22.8. The summed E-state index contributed by atoms with van der Waals surface area (Å²) in [5.41, 5.74) is 1.69. The van der Waals surface area contributed by atoms with Gasteiger partial charge in [0.15, 0.2) is 11.5 Å². The van der Waals surface area contributed by atoms with Gasteiger partial charge >= 0.3 is 6.16 Å². The number of unbranched alkanes of at least 4 members (excludes halogenated alkanes) is 10. The molecule has 0 aromatic heterocycles. The Kier molecular flexibility index (Phi) is 16.9. The molecule has 0 radical (unpaired) electrons. The van der Waals surface area contributed by atoms with Crippen molar-refractivity contribution in [2.75, 3.05) is 13.2 Å². The summed E-state index contributed by atoms with van der Waals surface area (Å²) in [5, 5.41) is 20.7. The maximum Gasteiger partial charge on any atom is 0.511 e. The lowest BCUT2D eigenvalue weighted by molar-refractivity contribution is 0.141. The number of ether oxygens (including phenoxy) is 3. The third-order valence-corrected chi connectivity index (χ3v) is 6.29. The number of aromatic hydroxyl groups is 1. The molecule has 2 N–H and O–H groups in total. The Morgan fingerprint density at radius 2 is 1.03 bits per heavy atom. The summed E-state index contributed by atoms with van der Waals surface area (Å²) in [6, 6.07) is 0. The Hall–Kier alpha value is -2.11. The second kappa shape index (κ2) is 19.1. The minimum Gasteiger partial charge on any atom is -0.502 e. The van der Waals surface area contributed by atoms with Gasteiger partial charge in [0, 0.05) is 11.1 Å². The molecule has 6 nitrogen and oxygen atoms in total. The Labute approximate surface area is 213 Å². The minimum absolute atomic E-state index is 0.0193. The number of hydrogen-bond donors (Lipinski definition) is 2. The molecule has 0 unspecified atom stereocenters. The first-order chi connectivity index (χ1) is 17.0. The number of phenols is 1. The third kappa shape index (κ3) is 11.4. The van der Waals surface area contributed by atoms with Crippen LogP contribution in [0.4, 0.5) is 4.79 Å². The van der Waals surface area contributed by atoms with Crippen LogP contribution in [0.3, 0.4) is 0 Å². The van der Waals surface area contributed by atoms with E-state index in [9.17, 15) is 15.0 Å². The van der Waals surface area contributed by atoms with Crippen molar-refractivity contribution in [3.8, 4) is 23.0 Å². The van der Waals surface area contributed by atoms with E-state index in [4.69, 9.17) is 14.2 Å². The maximum absolute atomic E-state index is 11.6. The Morgan fingerprint density at radius 1 is 0.600 bits per heavy atom. The van der Waals surface area contributed by atoms with Crippen LogP contribution in [0.25, 0.3) is 0 Å². The van der Waals surface area contributed by atoms with Crippen LogP contribution in [0.15, 0.2) is 0 Å². The average molecular weight is 495 g/mol. The van der Waals surface area contributed by atoms with Crippen LogP contribution in [0.5, 0.6) is 23.0 Å². The number of phenolic OH excluding ortho intramolecular Hbond substituents is 1. The minimum atomic E-state index is -1.43. The Balaban J connectivity index is 3.51. The van der Waals surface area contributed by atoms with Crippen LogP contribution in [0.2, 0.25) is 0 Å². The van der Waals surface area contributed by atoms with Crippen LogP contribution >= 0.6 is 0 Å². The molecule has 1 aromatic rings. The summed E-state index contributed by atoms with van der Waals surface area (Å²) in [6.45, 7) is 9.60. The molecule has 0 aliphatic carbocycles. The van der Waals surface area contributed by atoms with Gasteiger partial charge in [0.05, 0.1) is 13.2 Å². The molecule has 0 heterocycles. The van der Waals surface area contributed by atoms with Crippen LogP contribution in [-0.4, -0.2) is 29.6 Å². The molecule has 0 spiro atoms. The number of benzene rings is 1. The van der Waals surface area contributed by atoms with Gasteiger partial charge in [0.2, 0.25) is 11.5 Å². The van der Waals surface area contributed by atoms with Gasteiger partial charge in [-0.3, -0.25) is 0 Å². The van der Waals surface area contributed by atoms with Crippen molar-refractivity contribution in [1.82, 2.24) is 0 Å². The summed E-state index contributed by atoms with van der Waals surface area (Å²) >= 11 is 0. The van der Waals surface area contributed by atoms with Crippen molar-refractivity contribution >= 4 is 6.16 Å². The van der Waals surface area contributed by atoms with Gasteiger partial charge in [-0.05, 0) is 38.5 Å². The summed E-state index contributed by atoms with van der Waals surface area (Å²) in [6.07, 6.45) is 14.5. The zero-order chi connectivity index (χ0) is 25.9. The lowest BCUT2D eigenvalue weighted by Crippen LogP contribution is -2.12. The number of carboxylic acid groups (broad SMARTS) is 1. The molecule has 6 heteroatoms. The van der Waals surface area contributed by atoms with E-state index >= 15 is 0 Å². The van der Waals surface area contributed by atoms with Crippen molar-refractivity contribution in [3.63, 3.8) is 0 Å². The second-order valence-electron chi connectivity index (χ2n) is 9.39. The Morgan fingerprint density at radius 3 is 1.49 bits per heavy atom. The molecule has 0 amide bonds. The quantitative estimate of drug-likeness (QED) is 0.101. The standard InChI is InChI=1S/C29H50O6/c1-5-9-13-15-19-23-24(20-16-14-10-6-2)27(33-21-17-11-7-3)28(34-22-18-12-8-4)25(30)26(23)35-29(31)32/h30H,5-22H2,1-4H3,(H,31,32). The molecule has 35 heavy (non-hydrogen) atoms. The highest BCUT2D eigenvalue weighted by molar-refractivity contribution is 5.71. The first-order valence-electron chi connectivity index (χ1n) is 14.1. The molecule has 202 valence electrons. The number of hydrogen-bond acceptors (Lipinski definition) is 5. The van der Waals surface area contributed by atoms with E-state index in [1.54, 1.807) is 0 Å². The topological polar surface area (TPSA) is 85.2 Å². The van der Waals surface area contributed by atoms with Crippen molar-refractivity contribution < 1.29 is 29.2 Å². The number of carbonyl (C=O) groups is 1. The molecule has 0 bridgehead atoms. The van der Waals surface area contributed by atoms with E-state index in [0.29, 0.717) is 25.4 Å². The summed E-state index contributed by atoms with van der Waals surface area (Å²) < 4.78 is 17.6. The predicted octanol–water partition coefficient (Wildman–Crippen LogP) is 8.83. The lowest BCUT2D eigenvalue weighted by Gasteiger charge is -2.23. The molecule has 1 rings (SSSR count). The van der Waals surface area contributed by atoms with E-state index in [2.05, 4.69) is 27.7 Å². The fourth-order valence-electron chi connectivity index (χ4n) is 4.29. The van der Waals surface area contributed by atoms with Crippen LogP contribution in [0.1, 0.15) is 129 Å². The molecule has 0 aliphatic heterocycles. The molecule has 0 atom stereocenters. The van der Waals surface area contributed by atoms with Gasteiger partial charge in [0.25, 0.3) is 0 Å². The molecule has 0 saturated carbocycles. The van der Waals surface area contributed by atoms with E-state index in [1.165, 1.54) is 0 Å². The van der Waals surface area contributed by atoms with Crippen molar-refractivity contribution in [3.05, 3.63) is 11.1 Å². The van der Waals surface area contributed by atoms with E-state index in [1.807, 2.05) is 0 Å². The fourth-order valence-corrected chi connectivity index (χ4v) is 4.29. The summed E-state index contributed by atoms with van der Waals surface area (Å²) in [7, 11) is 0. The highest BCUT2D eigenvalue weighted by atomic mass is 16.7. The largest absolute Gasteiger partial charge is 0.511 e. The van der Waals surface area contributed by atoms with Gasteiger partial charge in [-0.2, -0.15) is 0 Å². The maximum atomic E-state index is 11.6. The molecular weight excluding hydrogens is 444 g/mol. The summed E-state index contributed by atoms with van der Waals surface area (Å²) in [5.74, 6) is 0.578. The van der Waals surface area contributed by atoms with E-state index in [-0.39, 0.29) is 17.2 Å². The molecule has 0 aliphatic rings. The first-order valence-corrected chi connectivity index (χ1v) is 14.1. The highest BCUT2D eigenvalue weighted by Crippen LogP contribution is 2.50. The van der Waals surface area contributed by atoms with Crippen LogP contribution < -0.4 is 14.2 Å². The van der Waals surface area contributed by atoms with Gasteiger partial charge in [0.1, 0.15) is 0 Å². The van der Waals surface area contributed by atoms with Gasteiger partial charge in [-0.25, -0.2) is 4.79 Å². The number of rotatable bonds is 21. The van der Waals surface area contributed by atoms with Gasteiger partial charge < -0.3 is 24.4 Å². The third-order valence-electron chi connectivity index (χ3n) is 6.29. The van der Waals surface area contributed by atoms with Gasteiger partial charge in [-0.15, -0.1) is 0 Å². The molecular formula is C29H50O6. The van der Waals surface area contributed by atoms with Crippen molar-refractivity contribution in [2.24, 2.45) is 0 Å². The summed E-state index contributed by atoms with van der Waals surface area (Å²) in [4.78, 5) is 11.6. The smallest absolute Gasteiger partial charge is 0.502 e. The van der Waals surface area contributed by atoms with Crippen molar-refractivity contribution in [2.45, 2.75) is 130 Å². The van der Waals surface area contributed by atoms with Gasteiger partial charge in [-0.1, -0.05) is 91.9 Å². The van der Waals surface area contributed by atoms with E-state index < -0.39 is 6.16 Å². The highest BCUT2D eigenvalue weighted by Gasteiger charge is 2.28. The molecule has 0 saturated heterocycles.